The Morgan fingerprint density at radius 3 is 2.72 bits per heavy atom. The van der Waals surface area contributed by atoms with Gasteiger partial charge in [-0.15, -0.1) is 0 Å². The SMILES string of the molecule is COc1ccc2c3c1O[C@H]1[C@@]4(OC)C=C[C@@]5(C[C@H]4C(C)(C)O)[C@@H](C2)N(C)CC[C@]315. The molecular weight excluding hydrogens is 366 g/mol. The van der Waals surface area contributed by atoms with Gasteiger partial charge in [-0.05, 0) is 58.3 Å². The van der Waals surface area contributed by atoms with E-state index >= 15 is 0 Å². The van der Waals surface area contributed by atoms with E-state index < -0.39 is 11.2 Å². The number of hydrogen-bond donors (Lipinski definition) is 1. The first-order chi connectivity index (χ1) is 13.7. The van der Waals surface area contributed by atoms with Gasteiger partial charge in [0.1, 0.15) is 11.7 Å². The molecule has 6 aliphatic rings. The summed E-state index contributed by atoms with van der Waals surface area (Å²) < 4.78 is 18.9. The Bertz CT molecular complexity index is 936. The van der Waals surface area contributed by atoms with Gasteiger partial charge in [-0.25, -0.2) is 0 Å². The summed E-state index contributed by atoms with van der Waals surface area (Å²) in [6.45, 7) is 4.89. The van der Waals surface area contributed by atoms with Crippen LogP contribution in [-0.4, -0.2) is 61.2 Å². The van der Waals surface area contributed by atoms with E-state index in [4.69, 9.17) is 14.2 Å². The third-order valence-electron chi connectivity index (χ3n) is 9.13. The lowest BCUT2D eigenvalue weighted by Gasteiger charge is -2.72. The molecule has 0 unspecified atom stereocenters. The molecule has 0 aromatic heterocycles. The van der Waals surface area contributed by atoms with Gasteiger partial charge in [0.15, 0.2) is 11.5 Å². The van der Waals surface area contributed by atoms with E-state index in [0.29, 0.717) is 6.04 Å². The smallest absolute Gasteiger partial charge is 0.166 e. The molecule has 2 aliphatic heterocycles. The maximum atomic E-state index is 11.2. The fraction of sp³-hybridized carbons (Fsp3) is 0.667. The zero-order valence-corrected chi connectivity index (χ0v) is 18.0. The monoisotopic (exact) mass is 397 g/mol. The number of piperidine rings is 1. The molecule has 1 saturated carbocycles. The lowest BCUT2D eigenvalue weighted by molar-refractivity contribution is -0.243. The van der Waals surface area contributed by atoms with Crippen LogP contribution in [0.3, 0.4) is 0 Å². The zero-order valence-electron chi connectivity index (χ0n) is 18.0. The summed E-state index contributed by atoms with van der Waals surface area (Å²) >= 11 is 0. The highest BCUT2D eigenvalue weighted by Crippen LogP contribution is 2.75. The van der Waals surface area contributed by atoms with Gasteiger partial charge in [0.25, 0.3) is 0 Å². The molecule has 1 aromatic carbocycles. The van der Waals surface area contributed by atoms with E-state index in [0.717, 1.165) is 37.3 Å². The van der Waals surface area contributed by atoms with Crippen molar-refractivity contribution in [2.24, 2.45) is 11.3 Å². The number of nitrogens with zero attached hydrogens (tertiary/aromatic N) is 1. The number of likely N-dealkylation sites (tertiary alicyclic amines) is 1. The highest BCUT2D eigenvalue weighted by molar-refractivity contribution is 5.65. The number of benzene rings is 1. The molecule has 5 heteroatoms. The van der Waals surface area contributed by atoms with Gasteiger partial charge in [-0.3, -0.25) is 0 Å². The van der Waals surface area contributed by atoms with E-state index in [9.17, 15) is 5.11 Å². The summed E-state index contributed by atoms with van der Waals surface area (Å²) in [5.41, 5.74) is 1.02. The lowest BCUT2D eigenvalue weighted by atomic mass is 9.36. The molecule has 0 radical (unpaired) electrons. The first-order valence-electron chi connectivity index (χ1n) is 10.8. The molecule has 2 fully saturated rings. The Labute approximate surface area is 172 Å². The molecule has 2 heterocycles. The second-order valence-corrected chi connectivity index (χ2v) is 10.4. The standard InChI is InChI=1S/C24H31NO4/c1-21(2,26)16-13-22-8-9-24(16,28-5)20-23(22)10-11-25(3)17(22)12-14-6-7-15(27-4)19(29-20)18(14)23/h6-9,16-17,20,26H,10-13H2,1-5H3/t16-,17+,20+,22+,23-,24+/m0/s1. The fourth-order valence-electron chi connectivity index (χ4n) is 8.01. The normalized spacial score (nSPS) is 43.9. The van der Waals surface area contributed by atoms with E-state index in [1.807, 2.05) is 13.8 Å². The van der Waals surface area contributed by atoms with Crippen molar-refractivity contribution in [3.8, 4) is 11.5 Å². The van der Waals surface area contributed by atoms with Crippen LogP contribution in [0.1, 0.15) is 37.8 Å². The Morgan fingerprint density at radius 2 is 2.03 bits per heavy atom. The Balaban J connectivity index is 1.71. The highest BCUT2D eigenvalue weighted by Gasteiger charge is 2.80. The van der Waals surface area contributed by atoms with E-state index in [-0.39, 0.29) is 22.9 Å². The minimum atomic E-state index is -0.870. The number of hydrogen-bond acceptors (Lipinski definition) is 5. The van der Waals surface area contributed by atoms with Crippen LogP contribution in [-0.2, 0) is 16.6 Å². The van der Waals surface area contributed by atoms with Gasteiger partial charge < -0.3 is 24.2 Å². The molecule has 156 valence electrons. The summed E-state index contributed by atoms with van der Waals surface area (Å²) in [5.74, 6) is 1.67. The molecule has 7 rings (SSSR count). The molecule has 4 aliphatic carbocycles. The van der Waals surface area contributed by atoms with Gasteiger partial charge >= 0.3 is 0 Å². The minimum absolute atomic E-state index is 0.0426. The number of methoxy groups -OCH3 is 2. The summed E-state index contributed by atoms with van der Waals surface area (Å²) in [6, 6.07) is 4.69. The number of fused-ring (bicyclic) bond motifs is 1. The molecule has 1 saturated heterocycles. The van der Waals surface area contributed by atoms with Gasteiger partial charge in [0.05, 0.1) is 18.1 Å². The van der Waals surface area contributed by atoms with Gasteiger partial charge in [-0.1, -0.05) is 18.2 Å². The second-order valence-electron chi connectivity index (χ2n) is 10.4. The molecule has 29 heavy (non-hydrogen) atoms. The zero-order chi connectivity index (χ0) is 20.4. The van der Waals surface area contributed by atoms with E-state index in [1.165, 1.54) is 11.1 Å². The molecule has 4 bridgehead atoms. The van der Waals surface area contributed by atoms with Gasteiger partial charge in [-0.2, -0.15) is 0 Å². The van der Waals surface area contributed by atoms with Crippen LogP contribution in [0.15, 0.2) is 24.3 Å². The Hall–Kier alpha value is -1.56. The average molecular weight is 398 g/mol. The van der Waals surface area contributed by atoms with Crippen LogP contribution < -0.4 is 9.47 Å². The highest BCUT2D eigenvalue weighted by atomic mass is 16.6. The van der Waals surface area contributed by atoms with Crippen LogP contribution in [0.5, 0.6) is 11.5 Å². The first kappa shape index (κ1) is 18.2. The maximum absolute atomic E-state index is 11.2. The third kappa shape index (κ3) is 1.73. The minimum Gasteiger partial charge on any atom is -0.493 e. The predicted octanol–water partition coefficient (Wildman–Crippen LogP) is 2.69. The molecule has 5 nitrogen and oxygen atoms in total. The molecule has 1 N–H and O–H groups in total. The summed E-state index contributed by atoms with van der Waals surface area (Å²) in [7, 11) is 5.75. The summed E-state index contributed by atoms with van der Waals surface area (Å²) in [5, 5.41) is 11.2. The average Bonchev–Trinajstić information content (AvgIpc) is 3.06. The van der Waals surface area contributed by atoms with Crippen molar-refractivity contribution in [3.63, 3.8) is 0 Å². The second kappa shape index (κ2) is 5.19. The van der Waals surface area contributed by atoms with Crippen LogP contribution in [0, 0.1) is 11.3 Å². The van der Waals surface area contributed by atoms with E-state index in [1.54, 1.807) is 14.2 Å². The van der Waals surface area contributed by atoms with Gasteiger partial charge in [0, 0.05) is 30.0 Å². The quantitative estimate of drug-likeness (QED) is 0.795. The van der Waals surface area contributed by atoms with Crippen molar-refractivity contribution in [1.29, 1.82) is 0 Å². The van der Waals surface area contributed by atoms with Crippen LogP contribution in [0.25, 0.3) is 0 Å². The number of rotatable bonds is 3. The van der Waals surface area contributed by atoms with Crippen molar-refractivity contribution in [3.05, 3.63) is 35.4 Å². The van der Waals surface area contributed by atoms with Crippen LogP contribution in [0.2, 0.25) is 0 Å². The van der Waals surface area contributed by atoms with Crippen LogP contribution in [0.4, 0.5) is 0 Å². The molecule has 1 aromatic rings. The van der Waals surface area contributed by atoms with Gasteiger partial charge in [0.2, 0.25) is 0 Å². The van der Waals surface area contributed by atoms with Crippen molar-refractivity contribution >= 4 is 0 Å². The molecule has 2 spiro atoms. The van der Waals surface area contributed by atoms with Crippen LogP contribution >= 0.6 is 0 Å². The Morgan fingerprint density at radius 1 is 1.24 bits per heavy atom. The fourth-order valence-corrected chi connectivity index (χ4v) is 8.01. The third-order valence-corrected chi connectivity index (χ3v) is 9.13. The van der Waals surface area contributed by atoms with Crippen molar-refractivity contribution in [1.82, 2.24) is 4.90 Å². The largest absolute Gasteiger partial charge is 0.493 e. The number of aliphatic hydroxyl groups is 1. The predicted molar refractivity (Wildman–Crippen MR) is 110 cm³/mol. The van der Waals surface area contributed by atoms with Crippen molar-refractivity contribution in [2.75, 3.05) is 27.8 Å². The van der Waals surface area contributed by atoms with Crippen molar-refractivity contribution in [2.45, 2.75) is 61.9 Å². The number of ether oxygens (including phenoxy) is 3. The molecule has 6 atom stereocenters. The summed E-state index contributed by atoms with van der Waals surface area (Å²) in [4.78, 5) is 2.53. The lowest BCUT2D eigenvalue weighted by Crippen LogP contribution is -2.80. The topological polar surface area (TPSA) is 51.2 Å². The van der Waals surface area contributed by atoms with E-state index in [2.05, 4.69) is 36.2 Å². The first-order valence-corrected chi connectivity index (χ1v) is 10.8. The Kier molecular flexibility index (Phi) is 3.26. The summed E-state index contributed by atoms with van der Waals surface area (Å²) in [6.07, 6.45) is 7.46. The maximum Gasteiger partial charge on any atom is 0.166 e. The number of likely N-dealkylation sites (N-methyl/N-ethyl adjacent to an activating group) is 1. The molecular formula is C24H31NO4. The molecule has 0 amide bonds. The van der Waals surface area contributed by atoms with Crippen molar-refractivity contribution < 1.29 is 19.3 Å².